The Balaban J connectivity index is 1.64. The lowest BCUT2D eigenvalue weighted by molar-refractivity contribution is 0.0728. The number of H-pyrrole nitrogens is 1. The highest BCUT2D eigenvalue weighted by Gasteiger charge is 2.34. The third kappa shape index (κ3) is 1.97. The third-order valence-electron chi connectivity index (χ3n) is 4.63. The predicted molar refractivity (Wildman–Crippen MR) is 76.8 cm³/mol. The zero-order valence-electron chi connectivity index (χ0n) is 12.2. The summed E-state index contributed by atoms with van der Waals surface area (Å²) in [6.07, 6.45) is 9.02. The van der Waals surface area contributed by atoms with Crippen LogP contribution in [0.2, 0.25) is 0 Å². The zero-order chi connectivity index (χ0) is 14.4. The van der Waals surface area contributed by atoms with Crippen molar-refractivity contribution < 1.29 is 4.79 Å². The van der Waals surface area contributed by atoms with Crippen molar-refractivity contribution in [1.29, 1.82) is 0 Å². The molecule has 1 amide bonds. The molecular formula is C15H19N5O. The van der Waals surface area contributed by atoms with Crippen LogP contribution >= 0.6 is 0 Å². The number of aromatic amines is 1. The summed E-state index contributed by atoms with van der Waals surface area (Å²) in [7, 11) is 1.91. The molecule has 1 fully saturated rings. The van der Waals surface area contributed by atoms with E-state index in [2.05, 4.69) is 15.3 Å². The van der Waals surface area contributed by atoms with Crippen LogP contribution in [0.4, 0.5) is 0 Å². The fraction of sp³-hybridized carbons (Fsp3) is 0.533. The maximum absolute atomic E-state index is 12.9. The molecule has 2 aliphatic rings. The van der Waals surface area contributed by atoms with E-state index >= 15 is 0 Å². The predicted octanol–water partition coefficient (Wildman–Crippen LogP) is 1.61. The molecule has 6 nitrogen and oxygen atoms in total. The zero-order valence-corrected chi connectivity index (χ0v) is 12.2. The fourth-order valence-electron chi connectivity index (χ4n) is 3.60. The van der Waals surface area contributed by atoms with Crippen LogP contribution in [0.15, 0.2) is 12.4 Å². The van der Waals surface area contributed by atoms with E-state index < -0.39 is 0 Å². The summed E-state index contributed by atoms with van der Waals surface area (Å²) in [5, 5.41) is 11.5. The number of rotatable bonds is 2. The second-order valence-electron chi connectivity index (χ2n) is 5.99. The summed E-state index contributed by atoms with van der Waals surface area (Å²) in [5.74, 6) is 0.0701. The second kappa shape index (κ2) is 4.72. The van der Waals surface area contributed by atoms with E-state index in [-0.39, 0.29) is 11.9 Å². The highest BCUT2D eigenvalue weighted by molar-refractivity contribution is 5.94. The number of likely N-dealkylation sites (tertiary alicyclic amines) is 1. The van der Waals surface area contributed by atoms with Crippen LogP contribution < -0.4 is 0 Å². The fourth-order valence-corrected chi connectivity index (χ4v) is 3.60. The highest BCUT2D eigenvalue weighted by Crippen LogP contribution is 2.34. The summed E-state index contributed by atoms with van der Waals surface area (Å²) in [5.41, 5.74) is 4.04. The molecule has 1 saturated heterocycles. The Kier molecular flexibility index (Phi) is 2.83. The molecule has 1 unspecified atom stereocenters. The van der Waals surface area contributed by atoms with E-state index in [1.54, 1.807) is 4.68 Å². The molecule has 0 saturated carbocycles. The van der Waals surface area contributed by atoms with Gasteiger partial charge in [0.2, 0.25) is 0 Å². The minimum Gasteiger partial charge on any atom is -0.330 e. The smallest absolute Gasteiger partial charge is 0.275 e. The number of nitrogens with one attached hydrogen (secondary N) is 1. The maximum atomic E-state index is 12.9. The van der Waals surface area contributed by atoms with Crippen molar-refractivity contribution in [3.8, 4) is 0 Å². The lowest BCUT2D eigenvalue weighted by atomic mass is 10.1. The first-order valence-electron chi connectivity index (χ1n) is 7.59. The molecule has 21 heavy (non-hydrogen) atoms. The Bertz CT molecular complexity index is 686. The summed E-state index contributed by atoms with van der Waals surface area (Å²) in [4.78, 5) is 14.8. The summed E-state index contributed by atoms with van der Waals surface area (Å²) >= 11 is 0. The van der Waals surface area contributed by atoms with E-state index in [0.29, 0.717) is 5.69 Å². The molecule has 0 aromatic carbocycles. The van der Waals surface area contributed by atoms with Crippen molar-refractivity contribution >= 4 is 5.91 Å². The van der Waals surface area contributed by atoms with Crippen LogP contribution in [0.25, 0.3) is 0 Å². The Hall–Kier alpha value is -2.11. The van der Waals surface area contributed by atoms with E-state index in [1.807, 2.05) is 24.3 Å². The van der Waals surface area contributed by atoms with Crippen LogP contribution in [-0.4, -0.2) is 37.3 Å². The highest BCUT2D eigenvalue weighted by atomic mass is 16.2. The molecule has 1 aliphatic heterocycles. The molecular weight excluding hydrogens is 266 g/mol. The van der Waals surface area contributed by atoms with Gasteiger partial charge in [-0.25, -0.2) is 0 Å². The van der Waals surface area contributed by atoms with Crippen molar-refractivity contribution in [2.24, 2.45) is 7.05 Å². The van der Waals surface area contributed by atoms with Crippen molar-refractivity contribution in [2.45, 2.75) is 38.1 Å². The average molecular weight is 285 g/mol. The Morgan fingerprint density at radius 2 is 2.29 bits per heavy atom. The lowest BCUT2D eigenvalue weighted by Gasteiger charge is -2.23. The largest absolute Gasteiger partial charge is 0.330 e. The lowest BCUT2D eigenvalue weighted by Crippen LogP contribution is -2.31. The quantitative estimate of drug-likeness (QED) is 0.911. The molecule has 110 valence electrons. The van der Waals surface area contributed by atoms with E-state index in [1.165, 1.54) is 0 Å². The molecule has 0 bridgehead atoms. The number of carbonyl (C=O) groups excluding carboxylic acids is 1. The van der Waals surface area contributed by atoms with Gasteiger partial charge in [-0.1, -0.05) is 0 Å². The van der Waals surface area contributed by atoms with Crippen molar-refractivity contribution in [2.75, 3.05) is 6.54 Å². The third-order valence-corrected chi connectivity index (χ3v) is 4.63. The SMILES string of the molecule is Cn1cc(C2CCCN2C(=O)c2n[nH]c3c2CCC3)cn1. The van der Waals surface area contributed by atoms with Crippen LogP contribution in [0.3, 0.4) is 0 Å². The summed E-state index contributed by atoms with van der Waals surface area (Å²) in [6.45, 7) is 0.806. The monoisotopic (exact) mass is 285 g/mol. The van der Waals surface area contributed by atoms with E-state index in [4.69, 9.17) is 0 Å². The van der Waals surface area contributed by atoms with Crippen LogP contribution in [-0.2, 0) is 19.9 Å². The molecule has 2 aromatic heterocycles. The summed E-state index contributed by atoms with van der Waals surface area (Å²) < 4.78 is 1.79. The van der Waals surface area contributed by atoms with Gasteiger partial charge >= 0.3 is 0 Å². The molecule has 6 heteroatoms. The van der Waals surface area contributed by atoms with Crippen LogP contribution in [0.1, 0.15) is 52.6 Å². The number of fused-ring (bicyclic) bond motifs is 1. The Morgan fingerprint density at radius 1 is 1.38 bits per heavy atom. The molecule has 4 rings (SSSR count). The Morgan fingerprint density at radius 3 is 3.10 bits per heavy atom. The second-order valence-corrected chi connectivity index (χ2v) is 5.99. The number of hydrogen-bond acceptors (Lipinski definition) is 3. The number of hydrogen-bond donors (Lipinski definition) is 1. The van der Waals surface area contributed by atoms with Gasteiger partial charge in [-0.05, 0) is 32.1 Å². The van der Waals surface area contributed by atoms with Gasteiger partial charge in [-0.15, -0.1) is 0 Å². The topological polar surface area (TPSA) is 66.8 Å². The van der Waals surface area contributed by atoms with Gasteiger partial charge in [-0.2, -0.15) is 10.2 Å². The van der Waals surface area contributed by atoms with Gasteiger partial charge in [-0.3, -0.25) is 14.6 Å². The van der Waals surface area contributed by atoms with Crippen LogP contribution in [0, 0.1) is 0 Å². The van der Waals surface area contributed by atoms with E-state index in [9.17, 15) is 4.79 Å². The van der Waals surface area contributed by atoms with Gasteiger partial charge in [0.25, 0.3) is 5.91 Å². The van der Waals surface area contributed by atoms with Gasteiger partial charge in [0.05, 0.1) is 12.2 Å². The molecule has 1 atom stereocenters. The van der Waals surface area contributed by atoms with Crippen molar-refractivity contribution in [1.82, 2.24) is 24.9 Å². The Labute approximate surface area is 123 Å². The first kappa shape index (κ1) is 12.6. The molecule has 1 aliphatic carbocycles. The van der Waals surface area contributed by atoms with Crippen LogP contribution in [0.5, 0.6) is 0 Å². The number of aryl methyl sites for hydroxylation is 2. The molecule has 2 aromatic rings. The van der Waals surface area contributed by atoms with Gasteiger partial charge in [0.1, 0.15) is 0 Å². The average Bonchev–Trinajstić information content (AvgIpc) is 3.21. The number of aromatic nitrogens is 4. The normalized spacial score (nSPS) is 21.0. The van der Waals surface area contributed by atoms with Gasteiger partial charge in [0, 0.05) is 36.6 Å². The first-order chi connectivity index (χ1) is 10.2. The molecule has 3 heterocycles. The van der Waals surface area contributed by atoms with Gasteiger partial charge in [0.15, 0.2) is 5.69 Å². The maximum Gasteiger partial charge on any atom is 0.275 e. The van der Waals surface area contributed by atoms with Crippen molar-refractivity contribution in [3.63, 3.8) is 0 Å². The number of nitrogens with zero attached hydrogens (tertiary/aromatic N) is 4. The molecule has 0 spiro atoms. The minimum atomic E-state index is 0.0701. The standard InChI is InChI=1S/C15H19N5O/c1-19-9-10(8-16-19)13-6-3-7-20(13)15(21)14-11-4-2-5-12(11)17-18-14/h8-9,13H,2-7H2,1H3,(H,17,18). The van der Waals surface area contributed by atoms with Crippen molar-refractivity contribution in [3.05, 3.63) is 34.9 Å². The number of carbonyl (C=O) groups is 1. The molecule has 1 N–H and O–H groups in total. The molecule has 0 radical (unpaired) electrons. The minimum absolute atomic E-state index is 0.0701. The number of amides is 1. The summed E-state index contributed by atoms with van der Waals surface area (Å²) in [6, 6.07) is 0.139. The van der Waals surface area contributed by atoms with Gasteiger partial charge < -0.3 is 4.90 Å². The first-order valence-corrected chi connectivity index (χ1v) is 7.59. The van der Waals surface area contributed by atoms with E-state index in [0.717, 1.165) is 55.5 Å².